The van der Waals surface area contributed by atoms with E-state index < -0.39 is 0 Å². The number of likely N-dealkylation sites (N-methyl/N-ethyl adjacent to an activating group) is 1. The molecule has 1 N–H and O–H groups in total. The molecule has 0 aromatic carbocycles. The van der Waals surface area contributed by atoms with Crippen LogP contribution in [0.4, 0.5) is 0 Å². The van der Waals surface area contributed by atoms with Crippen molar-refractivity contribution in [3.63, 3.8) is 0 Å². The topological polar surface area (TPSA) is 41.6 Å². The highest BCUT2D eigenvalue weighted by atomic mass is 16.5. The molecule has 16 heavy (non-hydrogen) atoms. The Labute approximate surface area is 99.3 Å². The van der Waals surface area contributed by atoms with E-state index in [0.29, 0.717) is 6.61 Å². The average molecular weight is 230 g/mol. The molecule has 1 unspecified atom stereocenters. The molecule has 4 heteroatoms. The van der Waals surface area contributed by atoms with Crippen LogP contribution in [0.15, 0.2) is 0 Å². The highest BCUT2D eigenvalue weighted by molar-refractivity contribution is 5.75. The normalized spacial score (nSPS) is 12.8. The summed E-state index contributed by atoms with van der Waals surface area (Å²) in [5, 5.41) is 3.16. The molecule has 1 atom stereocenters. The molecule has 0 aliphatic rings. The molecule has 0 fully saturated rings. The number of carbonyl (C=O) groups excluding carboxylic acids is 1. The first-order valence-corrected chi connectivity index (χ1v) is 6.24. The number of nitrogens with one attached hydrogen (secondary N) is 1. The summed E-state index contributed by atoms with van der Waals surface area (Å²) in [6, 6.07) is -0.163. The lowest BCUT2D eigenvalue weighted by atomic mass is 10.2. The first-order valence-electron chi connectivity index (χ1n) is 6.24. The van der Waals surface area contributed by atoms with Crippen LogP contribution >= 0.6 is 0 Å². The Hall–Kier alpha value is -0.610. The van der Waals surface area contributed by atoms with Gasteiger partial charge in [-0.1, -0.05) is 13.8 Å². The van der Waals surface area contributed by atoms with E-state index in [-0.39, 0.29) is 12.0 Å². The number of hydrogen-bond donors (Lipinski definition) is 1. The van der Waals surface area contributed by atoms with Crippen molar-refractivity contribution in [3.05, 3.63) is 0 Å². The lowest BCUT2D eigenvalue weighted by Crippen LogP contribution is -2.40. The number of esters is 1. The van der Waals surface area contributed by atoms with Crippen LogP contribution in [-0.2, 0) is 9.53 Å². The van der Waals surface area contributed by atoms with E-state index in [2.05, 4.69) is 24.2 Å². The van der Waals surface area contributed by atoms with Gasteiger partial charge in [-0.15, -0.1) is 0 Å². The first kappa shape index (κ1) is 15.4. The van der Waals surface area contributed by atoms with E-state index >= 15 is 0 Å². The van der Waals surface area contributed by atoms with Gasteiger partial charge in [-0.2, -0.15) is 0 Å². The Morgan fingerprint density at radius 1 is 1.31 bits per heavy atom. The van der Waals surface area contributed by atoms with Gasteiger partial charge < -0.3 is 15.0 Å². The van der Waals surface area contributed by atoms with Gasteiger partial charge in [0.25, 0.3) is 0 Å². The van der Waals surface area contributed by atoms with Gasteiger partial charge >= 0.3 is 5.97 Å². The van der Waals surface area contributed by atoms with Crippen molar-refractivity contribution in [1.29, 1.82) is 0 Å². The molecular weight excluding hydrogens is 204 g/mol. The SMILES string of the molecule is CCCN(C)CCC(NCC)C(=O)OCC. The van der Waals surface area contributed by atoms with Crippen LogP contribution in [0.3, 0.4) is 0 Å². The highest BCUT2D eigenvalue weighted by Crippen LogP contribution is 1.99. The molecule has 0 rings (SSSR count). The van der Waals surface area contributed by atoms with Crippen LogP contribution < -0.4 is 5.32 Å². The molecule has 0 aliphatic carbocycles. The van der Waals surface area contributed by atoms with Gasteiger partial charge in [0.05, 0.1) is 6.61 Å². The van der Waals surface area contributed by atoms with E-state index in [1.54, 1.807) is 0 Å². The first-order chi connectivity index (χ1) is 7.65. The minimum atomic E-state index is -0.163. The molecule has 4 nitrogen and oxygen atoms in total. The molecule has 0 heterocycles. The fraction of sp³-hybridized carbons (Fsp3) is 0.917. The third-order valence-electron chi connectivity index (χ3n) is 2.43. The molecule has 0 aromatic rings. The van der Waals surface area contributed by atoms with Crippen molar-refractivity contribution in [2.75, 3.05) is 33.3 Å². The van der Waals surface area contributed by atoms with Crippen molar-refractivity contribution >= 4 is 5.97 Å². The van der Waals surface area contributed by atoms with Gasteiger partial charge in [-0.05, 0) is 46.4 Å². The van der Waals surface area contributed by atoms with Crippen LogP contribution in [-0.4, -0.2) is 50.2 Å². The Kier molecular flexibility index (Phi) is 9.24. The second-order valence-electron chi connectivity index (χ2n) is 3.95. The minimum Gasteiger partial charge on any atom is -0.465 e. The van der Waals surface area contributed by atoms with E-state index in [0.717, 1.165) is 32.5 Å². The molecule has 0 spiro atoms. The van der Waals surface area contributed by atoms with Crippen LogP contribution in [0.5, 0.6) is 0 Å². The predicted octanol–water partition coefficient (Wildman–Crippen LogP) is 1.26. The Bertz CT molecular complexity index is 186. The second kappa shape index (κ2) is 9.60. The molecule has 0 bridgehead atoms. The summed E-state index contributed by atoms with van der Waals surface area (Å²) in [7, 11) is 2.08. The van der Waals surface area contributed by atoms with Crippen molar-refractivity contribution in [2.45, 2.75) is 39.7 Å². The van der Waals surface area contributed by atoms with E-state index in [1.165, 1.54) is 0 Å². The van der Waals surface area contributed by atoms with E-state index in [4.69, 9.17) is 4.74 Å². The monoisotopic (exact) mass is 230 g/mol. The third-order valence-corrected chi connectivity index (χ3v) is 2.43. The number of rotatable bonds is 9. The Morgan fingerprint density at radius 2 is 2.00 bits per heavy atom. The van der Waals surface area contributed by atoms with Crippen molar-refractivity contribution < 1.29 is 9.53 Å². The lowest BCUT2D eigenvalue weighted by molar-refractivity contribution is -0.145. The van der Waals surface area contributed by atoms with Gasteiger partial charge in [0.15, 0.2) is 0 Å². The zero-order chi connectivity index (χ0) is 12.4. The minimum absolute atomic E-state index is 0.130. The van der Waals surface area contributed by atoms with Crippen molar-refractivity contribution in [3.8, 4) is 0 Å². The number of ether oxygens (including phenoxy) is 1. The second-order valence-corrected chi connectivity index (χ2v) is 3.95. The van der Waals surface area contributed by atoms with Crippen LogP contribution in [0.1, 0.15) is 33.6 Å². The quantitative estimate of drug-likeness (QED) is 0.606. The molecular formula is C12H26N2O2. The maximum atomic E-state index is 11.6. The van der Waals surface area contributed by atoms with Gasteiger partial charge in [-0.3, -0.25) is 4.79 Å². The summed E-state index contributed by atoms with van der Waals surface area (Å²) in [5.74, 6) is -0.130. The van der Waals surface area contributed by atoms with Crippen molar-refractivity contribution in [2.24, 2.45) is 0 Å². The number of hydrogen-bond acceptors (Lipinski definition) is 4. The zero-order valence-electron chi connectivity index (χ0n) is 11.1. The number of nitrogens with zero attached hydrogens (tertiary/aromatic N) is 1. The van der Waals surface area contributed by atoms with Crippen molar-refractivity contribution in [1.82, 2.24) is 10.2 Å². The maximum absolute atomic E-state index is 11.6. The summed E-state index contributed by atoms with van der Waals surface area (Å²) in [4.78, 5) is 13.8. The van der Waals surface area contributed by atoms with E-state index in [1.807, 2.05) is 13.8 Å². The zero-order valence-corrected chi connectivity index (χ0v) is 11.1. The predicted molar refractivity (Wildman–Crippen MR) is 66.5 cm³/mol. The Balaban J connectivity index is 3.97. The highest BCUT2D eigenvalue weighted by Gasteiger charge is 2.18. The average Bonchev–Trinajstić information content (AvgIpc) is 2.24. The molecule has 0 saturated carbocycles. The molecule has 0 aromatic heterocycles. The van der Waals surface area contributed by atoms with Gasteiger partial charge in [0.1, 0.15) is 6.04 Å². The van der Waals surface area contributed by atoms with Crippen LogP contribution in [0.25, 0.3) is 0 Å². The Morgan fingerprint density at radius 3 is 2.50 bits per heavy atom. The summed E-state index contributed by atoms with van der Waals surface area (Å²) in [6.45, 7) is 9.23. The fourth-order valence-corrected chi connectivity index (χ4v) is 1.64. The molecule has 96 valence electrons. The fourth-order valence-electron chi connectivity index (χ4n) is 1.64. The summed E-state index contributed by atoms with van der Waals surface area (Å²) < 4.78 is 5.03. The van der Waals surface area contributed by atoms with Gasteiger partial charge in [-0.25, -0.2) is 0 Å². The van der Waals surface area contributed by atoms with E-state index in [9.17, 15) is 4.79 Å². The summed E-state index contributed by atoms with van der Waals surface area (Å²) >= 11 is 0. The molecule has 0 saturated heterocycles. The van der Waals surface area contributed by atoms with Gasteiger partial charge in [0, 0.05) is 0 Å². The smallest absolute Gasteiger partial charge is 0.323 e. The third kappa shape index (κ3) is 6.80. The standard InChI is InChI=1S/C12H26N2O2/c1-5-9-14(4)10-8-11(13-6-2)12(15)16-7-3/h11,13H,5-10H2,1-4H3. The molecule has 0 radical (unpaired) electrons. The largest absolute Gasteiger partial charge is 0.465 e. The molecule has 0 aliphatic heterocycles. The van der Waals surface area contributed by atoms with Crippen LogP contribution in [0.2, 0.25) is 0 Å². The molecule has 0 amide bonds. The number of carbonyl (C=O) groups is 1. The summed E-state index contributed by atoms with van der Waals surface area (Å²) in [5.41, 5.74) is 0. The lowest BCUT2D eigenvalue weighted by Gasteiger charge is -2.20. The summed E-state index contributed by atoms with van der Waals surface area (Å²) in [6.07, 6.45) is 1.95. The van der Waals surface area contributed by atoms with Crippen LogP contribution in [0, 0.1) is 0 Å². The van der Waals surface area contributed by atoms with Gasteiger partial charge in [0.2, 0.25) is 0 Å². The maximum Gasteiger partial charge on any atom is 0.323 e.